The second kappa shape index (κ2) is 4.78. The van der Waals surface area contributed by atoms with Gasteiger partial charge in [0.2, 0.25) is 5.91 Å². The van der Waals surface area contributed by atoms with E-state index >= 15 is 0 Å². The van der Waals surface area contributed by atoms with E-state index in [0.717, 1.165) is 30.0 Å². The molecule has 4 heteroatoms. The fourth-order valence-corrected chi connectivity index (χ4v) is 2.43. The number of benzene rings is 1. The topological polar surface area (TPSA) is 46.9 Å². The fraction of sp³-hybridized carbons (Fsp3) is 0.375. The number of carbonyl (C=O) groups is 1. The molecule has 20 heavy (non-hydrogen) atoms. The summed E-state index contributed by atoms with van der Waals surface area (Å²) in [6.45, 7) is 6.07. The Morgan fingerprint density at radius 2 is 1.80 bits per heavy atom. The summed E-state index contributed by atoms with van der Waals surface area (Å²) in [7, 11) is 0. The molecule has 4 nitrogen and oxygen atoms in total. The first-order chi connectivity index (χ1) is 9.52. The van der Waals surface area contributed by atoms with Crippen molar-refractivity contribution >= 4 is 11.7 Å². The van der Waals surface area contributed by atoms with Crippen LogP contribution in [0.3, 0.4) is 0 Å². The number of aromatic nitrogens is 2. The molecule has 3 rings (SSSR count). The minimum atomic E-state index is 0.107. The molecule has 1 aliphatic carbocycles. The molecule has 1 N–H and O–H groups in total. The van der Waals surface area contributed by atoms with Crippen LogP contribution in [-0.4, -0.2) is 15.7 Å². The molecule has 0 saturated heterocycles. The molecule has 104 valence electrons. The van der Waals surface area contributed by atoms with Gasteiger partial charge in [0.05, 0.1) is 11.4 Å². The molecule has 1 aromatic heterocycles. The average molecular weight is 269 g/mol. The lowest BCUT2D eigenvalue weighted by atomic mass is 10.1. The third-order valence-electron chi connectivity index (χ3n) is 3.48. The fourth-order valence-electron chi connectivity index (χ4n) is 2.43. The van der Waals surface area contributed by atoms with Gasteiger partial charge >= 0.3 is 0 Å². The van der Waals surface area contributed by atoms with Gasteiger partial charge in [-0.05, 0) is 56.9 Å². The number of nitrogens with zero attached hydrogens (tertiary/aromatic N) is 2. The summed E-state index contributed by atoms with van der Waals surface area (Å²) in [5.41, 5.74) is 4.26. The maximum atomic E-state index is 11.9. The van der Waals surface area contributed by atoms with Gasteiger partial charge in [-0.1, -0.05) is 6.07 Å². The number of amides is 1. The van der Waals surface area contributed by atoms with Crippen LogP contribution in [0, 0.1) is 26.7 Å². The third kappa shape index (κ3) is 2.59. The first kappa shape index (κ1) is 12.9. The SMILES string of the molecule is Cc1cc(C)cc(-n2nc(C)cc2NC(=O)C2CC2)c1. The van der Waals surface area contributed by atoms with Gasteiger partial charge in [0.25, 0.3) is 0 Å². The Morgan fingerprint density at radius 3 is 2.40 bits per heavy atom. The van der Waals surface area contributed by atoms with Crippen molar-refractivity contribution in [2.24, 2.45) is 5.92 Å². The van der Waals surface area contributed by atoms with Gasteiger partial charge in [0.15, 0.2) is 0 Å². The molecular weight excluding hydrogens is 250 g/mol. The molecule has 0 bridgehead atoms. The Hall–Kier alpha value is -2.10. The average Bonchev–Trinajstić information content (AvgIpc) is 3.13. The zero-order valence-corrected chi connectivity index (χ0v) is 12.1. The van der Waals surface area contributed by atoms with Crippen LogP contribution in [0.25, 0.3) is 5.69 Å². The lowest BCUT2D eigenvalue weighted by Crippen LogP contribution is -2.16. The van der Waals surface area contributed by atoms with E-state index in [1.165, 1.54) is 11.1 Å². The smallest absolute Gasteiger partial charge is 0.228 e. The molecule has 0 atom stereocenters. The second-order valence-electron chi connectivity index (χ2n) is 5.69. The minimum absolute atomic E-state index is 0.107. The molecule has 1 fully saturated rings. The van der Waals surface area contributed by atoms with Crippen LogP contribution in [0.4, 0.5) is 5.82 Å². The van der Waals surface area contributed by atoms with E-state index in [-0.39, 0.29) is 11.8 Å². The molecule has 2 aromatic rings. The highest BCUT2D eigenvalue weighted by atomic mass is 16.2. The van der Waals surface area contributed by atoms with Crippen molar-refractivity contribution in [3.05, 3.63) is 41.1 Å². The van der Waals surface area contributed by atoms with Gasteiger partial charge in [-0.3, -0.25) is 4.79 Å². The first-order valence-electron chi connectivity index (χ1n) is 6.99. The number of hydrogen-bond donors (Lipinski definition) is 1. The summed E-state index contributed by atoms with van der Waals surface area (Å²) in [5, 5.41) is 7.49. The largest absolute Gasteiger partial charge is 0.310 e. The monoisotopic (exact) mass is 269 g/mol. The Labute approximate surface area is 118 Å². The Bertz CT molecular complexity index is 648. The molecule has 0 spiro atoms. The Balaban J connectivity index is 1.97. The minimum Gasteiger partial charge on any atom is -0.310 e. The number of nitrogens with one attached hydrogen (secondary N) is 1. The van der Waals surface area contributed by atoms with Crippen LogP contribution >= 0.6 is 0 Å². The van der Waals surface area contributed by atoms with E-state index in [2.05, 4.69) is 42.5 Å². The summed E-state index contributed by atoms with van der Waals surface area (Å²) in [6, 6.07) is 8.19. The normalized spacial score (nSPS) is 14.3. The quantitative estimate of drug-likeness (QED) is 0.930. The second-order valence-corrected chi connectivity index (χ2v) is 5.69. The van der Waals surface area contributed by atoms with Gasteiger partial charge in [0.1, 0.15) is 5.82 Å². The lowest BCUT2D eigenvalue weighted by molar-refractivity contribution is -0.117. The van der Waals surface area contributed by atoms with E-state index < -0.39 is 0 Å². The van der Waals surface area contributed by atoms with E-state index in [4.69, 9.17) is 0 Å². The van der Waals surface area contributed by atoms with Gasteiger partial charge in [-0.15, -0.1) is 0 Å². The van der Waals surface area contributed by atoms with Crippen LogP contribution < -0.4 is 5.32 Å². The van der Waals surface area contributed by atoms with Gasteiger partial charge in [0, 0.05) is 12.0 Å². The van der Waals surface area contributed by atoms with Crippen LogP contribution in [0.1, 0.15) is 29.7 Å². The molecule has 1 amide bonds. The van der Waals surface area contributed by atoms with Gasteiger partial charge in [-0.25, -0.2) is 4.68 Å². The number of hydrogen-bond acceptors (Lipinski definition) is 2. The van der Waals surface area contributed by atoms with Crippen LogP contribution in [0.15, 0.2) is 24.3 Å². The van der Waals surface area contributed by atoms with E-state index in [0.29, 0.717) is 0 Å². The summed E-state index contributed by atoms with van der Waals surface area (Å²) >= 11 is 0. The summed E-state index contributed by atoms with van der Waals surface area (Å²) < 4.78 is 1.82. The van der Waals surface area contributed by atoms with Crippen molar-refractivity contribution in [3.8, 4) is 5.69 Å². The Kier molecular flexibility index (Phi) is 3.08. The maximum Gasteiger partial charge on any atom is 0.228 e. The highest BCUT2D eigenvalue weighted by molar-refractivity contribution is 5.93. The van der Waals surface area contributed by atoms with Crippen molar-refractivity contribution in [1.82, 2.24) is 9.78 Å². The predicted octanol–water partition coefficient (Wildman–Crippen LogP) is 3.15. The van der Waals surface area contributed by atoms with E-state index in [1.54, 1.807) is 0 Å². The predicted molar refractivity (Wildman–Crippen MR) is 79.1 cm³/mol. The van der Waals surface area contributed by atoms with Crippen molar-refractivity contribution in [3.63, 3.8) is 0 Å². The van der Waals surface area contributed by atoms with Crippen molar-refractivity contribution in [2.75, 3.05) is 5.32 Å². The zero-order valence-electron chi connectivity index (χ0n) is 12.1. The Morgan fingerprint density at radius 1 is 1.15 bits per heavy atom. The zero-order chi connectivity index (χ0) is 14.3. The van der Waals surface area contributed by atoms with Crippen molar-refractivity contribution in [1.29, 1.82) is 0 Å². The first-order valence-corrected chi connectivity index (χ1v) is 6.99. The molecule has 1 aliphatic rings. The number of aryl methyl sites for hydroxylation is 3. The standard InChI is InChI=1S/C16H19N3O/c1-10-6-11(2)8-14(7-10)19-15(9-12(3)18-19)17-16(20)13-4-5-13/h6-9,13H,4-5H2,1-3H3,(H,17,20). The molecular formula is C16H19N3O. The number of rotatable bonds is 3. The summed E-state index contributed by atoms with van der Waals surface area (Å²) in [6.07, 6.45) is 2.00. The van der Waals surface area contributed by atoms with Crippen molar-refractivity contribution in [2.45, 2.75) is 33.6 Å². The molecule has 0 aliphatic heterocycles. The molecule has 1 aromatic carbocycles. The summed E-state index contributed by atoms with van der Waals surface area (Å²) in [5.74, 6) is 1.05. The molecule has 0 unspecified atom stereocenters. The lowest BCUT2D eigenvalue weighted by Gasteiger charge is -2.10. The third-order valence-corrected chi connectivity index (χ3v) is 3.48. The molecule has 0 radical (unpaired) electrons. The number of carbonyl (C=O) groups excluding carboxylic acids is 1. The van der Waals surface area contributed by atoms with Crippen LogP contribution in [0.5, 0.6) is 0 Å². The molecule has 1 heterocycles. The van der Waals surface area contributed by atoms with E-state index in [9.17, 15) is 4.79 Å². The maximum absolute atomic E-state index is 11.9. The van der Waals surface area contributed by atoms with Gasteiger partial charge in [-0.2, -0.15) is 5.10 Å². The summed E-state index contributed by atoms with van der Waals surface area (Å²) in [4.78, 5) is 11.9. The highest BCUT2D eigenvalue weighted by Crippen LogP contribution is 2.30. The van der Waals surface area contributed by atoms with Crippen LogP contribution in [-0.2, 0) is 4.79 Å². The van der Waals surface area contributed by atoms with Crippen molar-refractivity contribution < 1.29 is 4.79 Å². The number of anilines is 1. The van der Waals surface area contributed by atoms with Gasteiger partial charge < -0.3 is 5.32 Å². The molecule has 1 saturated carbocycles. The van der Waals surface area contributed by atoms with Crippen LogP contribution in [0.2, 0.25) is 0 Å². The highest BCUT2D eigenvalue weighted by Gasteiger charge is 2.30. The van der Waals surface area contributed by atoms with E-state index in [1.807, 2.05) is 17.7 Å².